The smallest absolute Gasteiger partial charge is 0.344 e. The minimum Gasteiger partial charge on any atom is -0.493 e. The van der Waals surface area contributed by atoms with Crippen LogP contribution in [0.4, 0.5) is 4.79 Å². The minimum atomic E-state index is -1.21. The predicted molar refractivity (Wildman–Crippen MR) is 96.7 cm³/mol. The summed E-state index contributed by atoms with van der Waals surface area (Å²) in [6.07, 6.45) is 0.875. The fourth-order valence-electron chi connectivity index (χ4n) is 3.41. The minimum absolute atomic E-state index is 0.0619. The van der Waals surface area contributed by atoms with Gasteiger partial charge in [0, 0.05) is 6.42 Å². The van der Waals surface area contributed by atoms with E-state index in [1.54, 1.807) is 31.2 Å². The standard InChI is InChI=1S/C20H19N3O4/c1-20(15-5-3-2-4-6-15)18(25)23(19(26)21-20)22-17(24)12-13-7-8-16-14(11-13)9-10-27-16/h2-8,11H,9-10,12H2,1H3,(H,21,26)(H,22,24). The Morgan fingerprint density at radius 3 is 2.78 bits per heavy atom. The SMILES string of the molecule is CC1(c2ccccc2)NC(=O)N(NC(=O)Cc2ccc3c(c2)CCO3)C1=O. The zero-order valence-corrected chi connectivity index (χ0v) is 14.8. The van der Waals surface area contributed by atoms with Crippen molar-refractivity contribution in [2.75, 3.05) is 6.61 Å². The number of fused-ring (bicyclic) bond motifs is 1. The van der Waals surface area contributed by atoms with Crippen molar-refractivity contribution in [1.29, 1.82) is 0 Å². The van der Waals surface area contributed by atoms with Gasteiger partial charge < -0.3 is 10.1 Å². The first kappa shape index (κ1) is 17.1. The van der Waals surface area contributed by atoms with Crippen LogP contribution in [0, 0.1) is 0 Å². The molecule has 2 aliphatic heterocycles. The normalized spacial score (nSPS) is 20.9. The van der Waals surface area contributed by atoms with Gasteiger partial charge in [-0.15, -0.1) is 0 Å². The molecule has 1 unspecified atom stereocenters. The molecule has 0 bridgehead atoms. The fourth-order valence-corrected chi connectivity index (χ4v) is 3.41. The van der Waals surface area contributed by atoms with E-state index in [1.807, 2.05) is 24.3 Å². The van der Waals surface area contributed by atoms with E-state index in [-0.39, 0.29) is 6.42 Å². The second-order valence-electron chi connectivity index (χ2n) is 6.81. The van der Waals surface area contributed by atoms with Gasteiger partial charge >= 0.3 is 6.03 Å². The molecule has 2 aromatic carbocycles. The van der Waals surface area contributed by atoms with Crippen molar-refractivity contribution in [3.8, 4) is 5.75 Å². The zero-order valence-electron chi connectivity index (χ0n) is 14.8. The van der Waals surface area contributed by atoms with Crippen LogP contribution < -0.4 is 15.5 Å². The monoisotopic (exact) mass is 365 g/mol. The Bertz CT molecular complexity index is 928. The van der Waals surface area contributed by atoms with Crippen LogP contribution in [0.2, 0.25) is 0 Å². The van der Waals surface area contributed by atoms with E-state index < -0.39 is 23.4 Å². The van der Waals surface area contributed by atoms with E-state index in [9.17, 15) is 14.4 Å². The second-order valence-corrected chi connectivity index (χ2v) is 6.81. The van der Waals surface area contributed by atoms with Crippen molar-refractivity contribution in [2.45, 2.75) is 25.3 Å². The molecule has 1 saturated heterocycles. The van der Waals surface area contributed by atoms with Crippen LogP contribution in [0.25, 0.3) is 0 Å². The number of nitrogens with one attached hydrogen (secondary N) is 2. The van der Waals surface area contributed by atoms with Crippen LogP contribution in [-0.4, -0.2) is 29.5 Å². The number of carbonyl (C=O) groups is 3. The van der Waals surface area contributed by atoms with Crippen molar-refractivity contribution in [2.24, 2.45) is 0 Å². The van der Waals surface area contributed by atoms with Crippen molar-refractivity contribution in [3.05, 3.63) is 65.2 Å². The van der Waals surface area contributed by atoms with Crippen LogP contribution in [0.3, 0.4) is 0 Å². The van der Waals surface area contributed by atoms with Gasteiger partial charge in [-0.25, -0.2) is 4.79 Å². The number of amides is 4. The Balaban J connectivity index is 1.47. The molecule has 2 aromatic rings. The molecule has 7 nitrogen and oxygen atoms in total. The molecule has 4 rings (SSSR count). The summed E-state index contributed by atoms with van der Waals surface area (Å²) >= 11 is 0. The molecule has 0 spiro atoms. The van der Waals surface area contributed by atoms with E-state index >= 15 is 0 Å². The molecule has 0 aliphatic carbocycles. The number of carbonyl (C=O) groups excluding carboxylic acids is 3. The molecule has 0 radical (unpaired) electrons. The van der Waals surface area contributed by atoms with Gasteiger partial charge in [-0.05, 0) is 29.7 Å². The Morgan fingerprint density at radius 2 is 2.00 bits per heavy atom. The first-order chi connectivity index (χ1) is 13.0. The first-order valence-electron chi connectivity index (χ1n) is 8.74. The molecule has 0 aromatic heterocycles. The molecule has 2 N–H and O–H groups in total. The maximum Gasteiger partial charge on any atom is 0.344 e. The van der Waals surface area contributed by atoms with Gasteiger partial charge in [0.2, 0.25) is 5.91 Å². The lowest BCUT2D eigenvalue weighted by molar-refractivity contribution is -0.138. The van der Waals surface area contributed by atoms with Crippen LogP contribution in [0.5, 0.6) is 5.75 Å². The summed E-state index contributed by atoms with van der Waals surface area (Å²) in [5, 5.41) is 3.41. The summed E-state index contributed by atoms with van der Waals surface area (Å²) in [5.74, 6) is -0.115. The van der Waals surface area contributed by atoms with Gasteiger partial charge in [-0.2, -0.15) is 5.01 Å². The lowest BCUT2D eigenvalue weighted by atomic mass is 9.92. The number of imide groups is 1. The second kappa shape index (κ2) is 6.42. The summed E-state index contributed by atoms with van der Waals surface area (Å²) < 4.78 is 5.45. The summed E-state index contributed by atoms with van der Waals surface area (Å²) in [6, 6.07) is 13.8. The average molecular weight is 365 g/mol. The lowest BCUT2D eigenvalue weighted by Gasteiger charge is -2.22. The third-order valence-corrected chi connectivity index (χ3v) is 4.90. The molecule has 138 valence electrons. The highest BCUT2D eigenvalue weighted by Gasteiger charge is 2.49. The molecule has 0 saturated carbocycles. The van der Waals surface area contributed by atoms with Crippen LogP contribution >= 0.6 is 0 Å². The van der Waals surface area contributed by atoms with Gasteiger partial charge in [-0.3, -0.25) is 15.0 Å². The van der Waals surface area contributed by atoms with Gasteiger partial charge in [0.15, 0.2) is 0 Å². The topological polar surface area (TPSA) is 87.7 Å². The molecule has 27 heavy (non-hydrogen) atoms. The van der Waals surface area contributed by atoms with E-state index in [4.69, 9.17) is 4.74 Å². The Morgan fingerprint density at radius 1 is 1.22 bits per heavy atom. The zero-order chi connectivity index (χ0) is 19.0. The number of urea groups is 1. The van der Waals surface area contributed by atoms with E-state index in [0.29, 0.717) is 12.2 Å². The summed E-state index contributed by atoms with van der Waals surface area (Å²) in [5.41, 5.74) is 3.72. The van der Waals surface area contributed by atoms with Crippen molar-refractivity contribution in [3.63, 3.8) is 0 Å². The molecule has 7 heteroatoms. The van der Waals surface area contributed by atoms with E-state index in [2.05, 4.69) is 10.7 Å². The molecular formula is C20H19N3O4. The number of rotatable bonds is 4. The van der Waals surface area contributed by atoms with Crippen molar-refractivity contribution >= 4 is 17.8 Å². The van der Waals surface area contributed by atoms with Crippen LogP contribution in [0.1, 0.15) is 23.6 Å². The number of nitrogens with zero attached hydrogens (tertiary/aromatic N) is 1. The highest BCUT2D eigenvalue weighted by molar-refractivity contribution is 6.08. The predicted octanol–water partition coefficient (Wildman–Crippen LogP) is 1.66. The third kappa shape index (κ3) is 3.01. The molecule has 4 amide bonds. The Kier molecular flexibility index (Phi) is 4.07. The maximum atomic E-state index is 12.8. The molecule has 2 heterocycles. The summed E-state index contributed by atoms with van der Waals surface area (Å²) in [6.45, 7) is 2.26. The van der Waals surface area contributed by atoms with Gasteiger partial charge in [-0.1, -0.05) is 42.5 Å². The Hall–Kier alpha value is -3.35. The van der Waals surface area contributed by atoms with Gasteiger partial charge in [0.1, 0.15) is 11.3 Å². The lowest BCUT2D eigenvalue weighted by Crippen LogP contribution is -2.48. The first-order valence-corrected chi connectivity index (χ1v) is 8.74. The van der Waals surface area contributed by atoms with E-state index in [1.165, 1.54) is 0 Å². The third-order valence-electron chi connectivity index (χ3n) is 4.90. The number of hydrazine groups is 1. The van der Waals surface area contributed by atoms with Crippen molar-refractivity contribution < 1.29 is 19.1 Å². The average Bonchev–Trinajstić information content (AvgIpc) is 3.21. The molecule has 1 fully saturated rings. The van der Waals surface area contributed by atoms with Gasteiger partial charge in [0.25, 0.3) is 5.91 Å². The fraction of sp³-hybridized carbons (Fsp3) is 0.250. The van der Waals surface area contributed by atoms with Crippen LogP contribution in [-0.2, 0) is 28.0 Å². The number of hydrogen-bond donors (Lipinski definition) is 2. The van der Waals surface area contributed by atoms with Gasteiger partial charge in [0.05, 0.1) is 13.0 Å². The highest BCUT2D eigenvalue weighted by Crippen LogP contribution is 2.28. The Labute approximate surface area is 156 Å². The molecule has 2 aliphatic rings. The quantitative estimate of drug-likeness (QED) is 0.807. The van der Waals surface area contributed by atoms with Crippen molar-refractivity contribution in [1.82, 2.24) is 15.8 Å². The molecule has 1 atom stereocenters. The summed E-state index contributed by atoms with van der Waals surface area (Å²) in [7, 11) is 0. The number of ether oxygens (including phenoxy) is 1. The highest BCUT2D eigenvalue weighted by atomic mass is 16.5. The van der Waals surface area contributed by atoms with E-state index in [0.717, 1.165) is 28.3 Å². The largest absolute Gasteiger partial charge is 0.493 e. The molecular weight excluding hydrogens is 346 g/mol. The number of benzene rings is 2. The summed E-state index contributed by atoms with van der Waals surface area (Å²) in [4.78, 5) is 37.5. The maximum absolute atomic E-state index is 12.8. The van der Waals surface area contributed by atoms with Crippen LogP contribution in [0.15, 0.2) is 48.5 Å². The number of hydrogen-bond acceptors (Lipinski definition) is 4.